The molecule has 0 aliphatic heterocycles. The summed E-state index contributed by atoms with van der Waals surface area (Å²) in [5.74, 6) is -0.868. The van der Waals surface area contributed by atoms with Crippen LogP contribution < -0.4 is 10.6 Å². The normalized spacial score (nSPS) is 10.5. The highest BCUT2D eigenvalue weighted by atomic mass is 19.1. The zero-order chi connectivity index (χ0) is 13.5. The second-order valence-corrected chi connectivity index (χ2v) is 4.54. The van der Waals surface area contributed by atoms with Gasteiger partial charge in [-0.1, -0.05) is 13.8 Å². The van der Waals surface area contributed by atoms with Crippen molar-refractivity contribution in [2.45, 2.75) is 26.7 Å². The molecule has 0 saturated carbocycles. The van der Waals surface area contributed by atoms with E-state index < -0.39 is 17.7 Å². The van der Waals surface area contributed by atoms with E-state index in [0.29, 0.717) is 12.5 Å². The van der Waals surface area contributed by atoms with Crippen molar-refractivity contribution >= 4 is 11.7 Å². The van der Waals surface area contributed by atoms with E-state index in [9.17, 15) is 13.6 Å². The van der Waals surface area contributed by atoms with Crippen LogP contribution in [0.1, 0.15) is 26.7 Å². The highest BCUT2D eigenvalue weighted by molar-refractivity contribution is 5.89. The first-order chi connectivity index (χ1) is 8.49. The smallest absolute Gasteiger partial charge is 0.319 e. The minimum absolute atomic E-state index is 0.0299. The predicted octanol–water partition coefficient (Wildman–Crippen LogP) is 3.52. The highest BCUT2D eigenvalue weighted by Gasteiger charge is 2.07. The SMILES string of the molecule is CC(C)CCCNC(=O)Nc1ccc(F)cc1F. The van der Waals surface area contributed by atoms with Crippen LogP contribution in [0.3, 0.4) is 0 Å². The summed E-state index contributed by atoms with van der Waals surface area (Å²) in [6.07, 6.45) is 1.89. The first-order valence-electron chi connectivity index (χ1n) is 5.99. The van der Waals surface area contributed by atoms with Gasteiger partial charge in [0.15, 0.2) is 0 Å². The molecule has 5 heteroatoms. The summed E-state index contributed by atoms with van der Waals surface area (Å²) in [6.45, 7) is 4.74. The molecule has 0 aliphatic carbocycles. The Morgan fingerprint density at radius 3 is 2.67 bits per heavy atom. The van der Waals surface area contributed by atoms with E-state index in [1.54, 1.807) is 0 Å². The van der Waals surface area contributed by atoms with Crippen molar-refractivity contribution in [3.63, 3.8) is 0 Å². The molecule has 0 heterocycles. The van der Waals surface area contributed by atoms with Gasteiger partial charge < -0.3 is 10.6 Å². The largest absolute Gasteiger partial charge is 0.338 e. The lowest BCUT2D eigenvalue weighted by atomic mass is 10.1. The average Bonchev–Trinajstić information content (AvgIpc) is 2.28. The lowest BCUT2D eigenvalue weighted by Crippen LogP contribution is -2.30. The van der Waals surface area contributed by atoms with Gasteiger partial charge in [-0.25, -0.2) is 13.6 Å². The van der Waals surface area contributed by atoms with Crippen molar-refractivity contribution in [2.75, 3.05) is 11.9 Å². The molecule has 0 saturated heterocycles. The first kappa shape index (κ1) is 14.4. The molecule has 100 valence electrons. The van der Waals surface area contributed by atoms with E-state index in [1.807, 2.05) is 0 Å². The number of halogens is 2. The van der Waals surface area contributed by atoms with Crippen LogP contribution in [-0.4, -0.2) is 12.6 Å². The summed E-state index contributed by atoms with van der Waals surface area (Å²) in [5.41, 5.74) is -0.0299. The Labute approximate surface area is 106 Å². The highest BCUT2D eigenvalue weighted by Crippen LogP contribution is 2.14. The van der Waals surface area contributed by atoms with E-state index in [-0.39, 0.29) is 5.69 Å². The Bertz CT molecular complexity index is 408. The van der Waals surface area contributed by atoms with Crippen LogP contribution in [0, 0.1) is 17.6 Å². The van der Waals surface area contributed by atoms with Gasteiger partial charge in [-0.05, 0) is 30.9 Å². The van der Waals surface area contributed by atoms with Gasteiger partial charge in [-0.2, -0.15) is 0 Å². The van der Waals surface area contributed by atoms with Crippen molar-refractivity contribution in [1.29, 1.82) is 0 Å². The quantitative estimate of drug-likeness (QED) is 0.777. The molecule has 0 aliphatic rings. The molecule has 2 amide bonds. The second kappa shape index (κ2) is 6.93. The third-order valence-corrected chi connectivity index (χ3v) is 2.42. The number of benzene rings is 1. The zero-order valence-electron chi connectivity index (χ0n) is 10.6. The number of carbonyl (C=O) groups is 1. The maximum absolute atomic E-state index is 13.2. The number of urea groups is 1. The number of anilines is 1. The number of carbonyl (C=O) groups excluding carboxylic acids is 1. The van der Waals surface area contributed by atoms with Crippen molar-refractivity contribution in [2.24, 2.45) is 5.92 Å². The Kier molecular flexibility index (Phi) is 5.55. The number of hydrogen-bond donors (Lipinski definition) is 2. The van der Waals surface area contributed by atoms with Gasteiger partial charge in [0.25, 0.3) is 0 Å². The van der Waals surface area contributed by atoms with Crippen LogP contribution >= 0.6 is 0 Å². The first-order valence-corrected chi connectivity index (χ1v) is 5.99. The van der Waals surface area contributed by atoms with Gasteiger partial charge in [0, 0.05) is 12.6 Å². The summed E-state index contributed by atoms with van der Waals surface area (Å²) in [5, 5.41) is 4.95. The molecule has 2 N–H and O–H groups in total. The van der Waals surface area contributed by atoms with Gasteiger partial charge in [-0.15, -0.1) is 0 Å². The Balaban J connectivity index is 2.35. The molecule has 0 bridgehead atoms. The van der Waals surface area contributed by atoms with Gasteiger partial charge in [0.2, 0.25) is 0 Å². The molecule has 0 fully saturated rings. The molecular weight excluding hydrogens is 238 g/mol. The van der Waals surface area contributed by atoms with Crippen LogP contribution in [0.5, 0.6) is 0 Å². The molecule has 0 atom stereocenters. The summed E-state index contributed by atoms with van der Waals surface area (Å²) in [7, 11) is 0. The molecule has 0 aromatic heterocycles. The van der Waals surface area contributed by atoms with E-state index >= 15 is 0 Å². The summed E-state index contributed by atoms with van der Waals surface area (Å²) >= 11 is 0. The number of rotatable bonds is 5. The minimum Gasteiger partial charge on any atom is -0.338 e. The fraction of sp³-hybridized carbons (Fsp3) is 0.462. The molecular formula is C13H18F2N2O. The molecule has 0 radical (unpaired) electrons. The average molecular weight is 256 g/mol. The van der Waals surface area contributed by atoms with Crippen LogP contribution in [0.15, 0.2) is 18.2 Å². The van der Waals surface area contributed by atoms with E-state index in [1.165, 1.54) is 6.07 Å². The molecule has 1 aromatic rings. The summed E-state index contributed by atoms with van der Waals surface area (Å²) in [4.78, 5) is 11.4. The van der Waals surface area contributed by atoms with Crippen LogP contribution in [0.2, 0.25) is 0 Å². The monoisotopic (exact) mass is 256 g/mol. The van der Waals surface area contributed by atoms with Gasteiger partial charge >= 0.3 is 6.03 Å². The summed E-state index contributed by atoms with van der Waals surface area (Å²) < 4.78 is 25.9. The third kappa shape index (κ3) is 5.12. The number of hydrogen-bond acceptors (Lipinski definition) is 1. The van der Waals surface area contributed by atoms with Crippen molar-refractivity contribution in [1.82, 2.24) is 5.32 Å². The maximum Gasteiger partial charge on any atom is 0.319 e. The standard InChI is InChI=1S/C13H18F2N2O/c1-9(2)4-3-7-16-13(18)17-12-6-5-10(14)8-11(12)15/h5-6,8-9H,3-4,7H2,1-2H3,(H2,16,17,18). The second-order valence-electron chi connectivity index (χ2n) is 4.54. The molecule has 1 aromatic carbocycles. The molecule has 3 nitrogen and oxygen atoms in total. The van der Waals surface area contributed by atoms with Crippen molar-refractivity contribution in [3.05, 3.63) is 29.8 Å². The number of amides is 2. The van der Waals surface area contributed by atoms with Gasteiger partial charge in [-0.3, -0.25) is 0 Å². The lowest BCUT2D eigenvalue weighted by Gasteiger charge is -2.09. The molecule has 0 spiro atoms. The molecule has 0 unspecified atom stereocenters. The summed E-state index contributed by atoms with van der Waals surface area (Å²) in [6, 6.07) is 2.54. The lowest BCUT2D eigenvalue weighted by molar-refractivity contribution is 0.251. The third-order valence-electron chi connectivity index (χ3n) is 2.42. The predicted molar refractivity (Wildman–Crippen MR) is 67.5 cm³/mol. The van der Waals surface area contributed by atoms with Crippen molar-refractivity contribution < 1.29 is 13.6 Å². The topological polar surface area (TPSA) is 41.1 Å². The fourth-order valence-corrected chi connectivity index (χ4v) is 1.47. The molecule has 18 heavy (non-hydrogen) atoms. The van der Waals surface area contributed by atoms with E-state index in [4.69, 9.17) is 0 Å². The van der Waals surface area contributed by atoms with Crippen LogP contribution in [-0.2, 0) is 0 Å². The van der Waals surface area contributed by atoms with E-state index in [0.717, 1.165) is 25.0 Å². The Morgan fingerprint density at radius 1 is 1.33 bits per heavy atom. The Morgan fingerprint density at radius 2 is 2.06 bits per heavy atom. The zero-order valence-corrected chi connectivity index (χ0v) is 10.6. The molecule has 1 rings (SSSR count). The van der Waals surface area contributed by atoms with Crippen LogP contribution in [0.25, 0.3) is 0 Å². The Hall–Kier alpha value is -1.65. The van der Waals surface area contributed by atoms with Crippen molar-refractivity contribution in [3.8, 4) is 0 Å². The van der Waals surface area contributed by atoms with Gasteiger partial charge in [0.1, 0.15) is 11.6 Å². The minimum atomic E-state index is -0.785. The van der Waals surface area contributed by atoms with E-state index in [2.05, 4.69) is 24.5 Å². The fourth-order valence-electron chi connectivity index (χ4n) is 1.47. The van der Waals surface area contributed by atoms with Crippen LogP contribution in [0.4, 0.5) is 19.3 Å². The maximum atomic E-state index is 13.2. The van der Waals surface area contributed by atoms with Gasteiger partial charge in [0.05, 0.1) is 5.69 Å². The number of nitrogens with one attached hydrogen (secondary N) is 2.